The second kappa shape index (κ2) is 7.05. The fourth-order valence-corrected chi connectivity index (χ4v) is 1.70. The van der Waals surface area contributed by atoms with Crippen molar-refractivity contribution < 1.29 is 14.3 Å². The first-order chi connectivity index (χ1) is 7.79. The number of carbonyl (C=O) groups is 1. The highest BCUT2D eigenvalue weighted by Crippen LogP contribution is 2.17. The molecule has 1 saturated heterocycles. The largest absolute Gasteiger partial charge is 0.468 e. The van der Waals surface area contributed by atoms with Crippen LogP contribution in [0.25, 0.3) is 10.4 Å². The van der Waals surface area contributed by atoms with Gasteiger partial charge in [-0.15, -0.1) is 0 Å². The normalized spacial score (nSPS) is 21.2. The molecule has 0 aliphatic carbocycles. The summed E-state index contributed by atoms with van der Waals surface area (Å²) in [5, 5.41) is 6.42. The van der Waals surface area contributed by atoms with Crippen molar-refractivity contribution in [2.24, 2.45) is 11.0 Å². The number of ether oxygens (including phenoxy) is 2. The number of azide groups is 1. The lowest BCUT2D eigenvalue weighted by Gasteiger charge is -2.20. The number of methoxy groups -OCH3 is 1. The van der Waals surface area contributed by atoms with E-state index < -0.39 is 0 Å². The lowest BCUT2D eigenvalue weighted by molar-refractivity contribution is -0.144. The van der Waals surface area contributed by atoms with E-state index in [0.29, 0.717) is 26.3 Å². The van der Waals surface area contributed by atoms with Crippen LogP contribution in [0.4, 0.5) is 0 Å². The van der Waals surface area contributed by atoms with Gasteiger partial charge in [0.15, 0.2) is 0 Å². The average molecular weight is 228 g/mol. The first-order valence-electron chi connectivity index (χ1n) is 5.19. The summed E-state index contributed by atoms with van der Waals surface area (Å²) in [5.41, 5.74) is 8.12. The number of nitrogens with zero attached hydrogens (tertiary/aromatic N) is 3. The van der Waals surface area contributed by atoms with Gasteiger partial charge in [-0.05, 0) is 12.0 Å². The van der Waals surface area contributed by atoms with E-state index in [-0.39, 0.29) is 17.9 Å². The molecule has 1 N–H and O–H groups in total. The monoisotopic (exact) mass is 228 g/mol. The molecule has 2 unspecified atom stereocenters. The van der Waals surface area contributed by atoms with Gasteiger partial charge in [0.25, 0.3) is 0 Å². The third-order valence-corrected chi connectivity index (χ3v) is 2.53. The molecule has 7 nitrogen and oxygen atoms in total. The Kier molecular flexibility index (Phi) is 5.63. The average Bonchev–Trinajstić information content (AvgIpc) is 2.82. The van der Waals surface area contributed by atoms with Crippen molar-refractivity contribution in [3.63, 3.8) is 0 Å². The van der Waals surface area contributed by atoms with Gasteiger partial charge >= 0.3 is 5.97 Å². The molecular formula is C9H16N4O3. The highest BCUT2D eigenvalue weighted by Gasteiger charge is 2.31. The molecule has 2 atom stereocenters. The van der Waals surface area contributed by atoms with Crippen LogP contribution in [0.1, 0.15) is 6.42 Å². The Balaban J connectivity index is 2.43. The van der Waals surface area contributed by atoms with Crippen molar-refractivity contribution in [2.45, 2.75) is 12.5 Å². The lowest BCUT2D eigenvalue weighted by atomic mass is 9.99. The number of nitrogens with one attached hydrogen (secondary N) is 1. The summed E-state index contributed by atoms with van der Waals surface area (Å²) in [5.74, 6) is -0.157. The van der Waals surface area contributed by atoms with E-state index in [1.54, 1.807) is 0 Å². The van der Waals surface area contributed by atoms with Gasteiger partial charge in [-0.3, -0.25) is 4.79 Å². The zero-order valence-corrected chi connectivity index (χ0v) is 9.26. The first-order valence-corrected chi connectivity index (χ1v) is 5.19. The summed E-state index contributed by atoms with van der Waals surface area (Å²) in [6, 6.07) is -0.374. The second-order valence-corrected chi connectivity index (χ2v) is 3.53. The maximum absolute atomic E-state index is 11.5. The minimum atomic E-state index is -0.374. The van der Waals surface area contributed by atoms with Crippen LogP contribution >= 0.6 is 0 Å². The predicted octanol–water partition coefficient (Wildman–Crippen LogP) is 0.464. The van der Waals surface area contributed by atoms with Crippen LogP contribution in [0.2, 0.25) is 0 Å². The molecule has 0 amide bonds. The molecule has 1 aliphatic rings. The van der Waals surface area contributed by atoms with Crippen molar-refractivity contribution in [3.8, 4) is 0 Å². The summed E-state index contributed by atoms with van der Waals surface area (Å²) in [4.78, 5) is 14.2. The molecule has 0 spiro atoms. The molecule has 7 heteroatoms. The summed E-state index contributed by atoms with van der Waals surface area (Å²) in [7, 11) is 1.36. The molecule has 1 rings (SSSR count). The zero-order chi connectivity index (χ0) is 11.8. The minimum Gasteiger partial charge on any atom is -0.468 e. The molecule has 1 fully saturated rings. The van der Waals surface area contributed by atoms with Crippen molar-refractivity contribution in [3.05, 3.63) is 10.4 Å². The van der Waals surface area contributed by atoms with Gasteiger partial charge in [-0.1, -0.05) is 5.11 Å². The van der Waals surface area contributed by atoms with Crippen LogP contribution in [-0.4, -0.2) is 45.4 Å². The van der Waals surface area contributed by atoms with Crippen LogP contribution in [0.15, 0.2) is 5.11 Å². The zero-order valence-electron chi connectivity index (χ0n) is 9.26. The van der Waals surface area contributed by atoms with Crippen LogP contribution in [0, 0.1) is 5.92 Å². The molecule has 0 aromatic rings. The Morgan fingerprint density at radius 1 is 1.81 bits per heavy atom. The van der Waals surface area contributed by atoms with Crippen molar-refractivity contribution in [2.75, 3.05) is 33.4 Å². The van der Waals surface area contributed by atoms with Gasteiger partial charge in [0, 0.05) is 30.5 Å². The summed E-state index contributed by atoms with van der Waals surface area (Å²) >= 11 is 0. The van der Waals surface area contributed by atoms with Crippen LogP contribution in [0.3, 0.4) is 0 Å². The minimum absolute atomic E-state index is 0.138. The number of hydrogen-bond donors (Lipinski definition) is 1. The maximum Gasteiger partial charge on any atom is 0.323 e. The third-order valence-electron chi connectivity index (χ3n) is 2.53. The molecule has 0 radical (unpaired) electrons. The van der Waals surface area contributed by atoms with E-state index in [9.17, 15) is 4.79 Å². The molecular weight excluding hydrogens is 212 g/mol. The Labute approximate surface area is 93.7 Å². The number of esters is 1. The van der Waals surface area contributed by atoms with Crippen LogP contribution in [0.5, 0.6) is 0 Å². The fourth-order valence-electron chi connectivity index (χ4n) is 1.70. The first kappa shape index (κ1) is 12.8. The van der Waals surface area contributed by atoms with Gasteiger partial charge in [0.05, 0.1) is 13.7 Å². The summed E-state index contributed by atoms with van der Waals surface area (Å²) in [6.45, 7) is 2.02. The fraction of sp³-hybridized carbons (Fsp3) is 0.889. The van der Waals surface area contributed by atoms with Crippen molar-refractivity contribution in [1.29, 1.82) is 0 Å². The number of hydrogen-bond acceptors (Lipinski definition) is 5. The topological polar surface area (TPSA) is 96.3 Å². The Bertz CT molecular complexity index is 272. The molecule has 1 aliphatic heterocycles. The van der Waals surface area contributed by atoms with Crippen LogP contribution in [-0.2, 0) is 14.3 Å². The molecule has 90 valence electrons. The van der Waals surface area contributed by atoms with E-state index in [4.69, 9.17) is 15.0 Å². The van der Waals surface area contributed by atoms with E-state index in [2.05, 4.69) is 15.3 Å². The lowest BCUT2D eigenvalue weighted by Crippen LogP contribution is -2.44. The molecule has 0 saturated carbocycles. The Morgan fingerprint density at radius 3 is 3.19 bits per heavy atom. The van der Waals surface area contributed by atoms with E-state index in [1.807, 2.05) is 0 Å². The Morgan fingerprint density at radius 2 is 2.62 bits per heavy atom. The quantitative estimate of drug-likeness (QED) is 0.235. The van der Waals surface area contributed by atoms with Gasteiger partial charge in [0.1, 0.15) is 6.04 Å². The smallest absolute Gasteiger partial charge is 0.323 e. The van der Waals surface area contributed by atoms with Crippen molar-refractivity contribution in [1.82, 2.24) is 5.32 Å². The van der Waals surface area contributed by atoms with Gasteiger partial charge < -0.3 is 14.8 Å². The predicted molar refractivity (Wildman–Crippen MR) is 56.7 cm³/mol. The molecule has 0 aromatic carbocycles. The summed E-state index contributed by atoms with van der Waals surface area (Å²) in [6.07, 6.45) is 0.842. The highest BCUT2D eigenvalue weighted by molar-refractivity contribution is 5.76. The third kappa shape index (κ3) is 3.69. The van der Waals surface area contributed by atoms with Crippen LogP contribution < -0.4 is 5.32 Å². The van der Waals surface area contributed by atoms with E-state index >= 15 is 0 Å². The van der Waals surface area contributed by atoms with Gasteiger partial charge in [-0.2, -0.15) is 0 Å². The van der Waals surface area contributed by atoms with Crippen molar-refractivity contribution >= 4 is 5.97 Å². The van der Waals surface area contributed by atoms with E-state index in [0.717, 1.165) is 6.42 Å². The molecule has 1 heterocycles. The molecule has 0 bridgehead atoms. The second-order valence-electron chi connectivity index (χ2n) is 3.53. The van der Waals surface area contributed by atoms with Gasteiger partial charge in [0.2, 0.25) is 0 Å². The number of carbonyl (C=O) groups excluding carboxylic acids is 1. The van der Waals surface area contributed by atoms with Gasteiger partial charge in [-0.25, -0.2) is 0 Å². The SMILES string of the molecule is COC(=O)C(NCCN=[N+]=[N-])C1CCOC1. The molecule has 0 aromatic heterocycles. The summed E-state index contributed by atoms with van der Waals surface area (Å²) < 4.78 is 9.95. The van der Waals surface area contributed by atoms with E-state index in [1.165, 1.54) is 7.11 Å². The maximum atomic E-state index is 11.5. The number of rotatable bonds is 6. The molecule has 16 heavy (non-hydrogen) atoms. The highest BCUT2D eigenvalue weighted by atomic mass is 16.5. The Hall–Kier alpha value is -1.30. The standard InChI is InChI=1S/C9H16N4O3/c1-15-9(14)8(7-2-5-16-6-7)11-3-4-12-13-10/h7-8,11H,2-6H2,1H3.